The highest BCUT2D eigenvalue weighted by Gasteiger charge is 2.26. The van der Waals surface area contributed by atoms with Crippen molar-refractivity contribution in [3.05, 3.63) is 0 Å². The van der Waals surface area contributed by atoms with Crippen molar-refractivity contribution in [2.75, 3.05) is 53.5 Å². The number of sulfonamides is 1. The highest BCUT2D eigenvalue weighted by molar-refractivity contribution is 7.90. The summed E-state index contributed by atoms with van der Waals surface area (Å²) in [6, 6.07) is 0. The number of ether oxygens (including phenoxy) is 1. The Hall–Kier alpha value is -0.210. The maximum atomic E-state index is 12.0. The van der Waals surface area contributed by atoms with Crippen LogP contribution in [0.3, 0.4) is 0 Å². The molecule has 1 aliphatic heterocycles. The average molecular weight is 279 g/mol. The van der Waals surface area contributed by atoms with E-state index >= 15 is 0 Å². The fourth-order valence-corrected chi connectivity index (χ4v) is 3.43. The molecule has 1 saturated heterocycles. The van der Waals surface area contributed by atoms with Crippen LogP contribution in [0.4, 0.5) is 0 Å². The summed E-state index contributed by atoms with van der Waals surface area (Å²) in [5.41, 5.74) is 0. The van der Waals surface area contributed by atoms with E-state index in [-0.39, 0.29) is 5.25 Å². The number of hydrogen-bond donors (Lipinski definition) is 2. The molecule has 2 N–H and O–H groups in total. The van der Waals surface area contributed by atoms with Crippen molar-refractivity contribution in [1.82, 2.24) is 14.9 Å². The van der Waals surface area contributed by atoms with E-state index in [2.05, 4.69) is 14.9 Å². The Morgan fingerprint density at radius 1 is 1.33 bits per heavy atom. The molecule has 1 aliphatic rings. The Balaban J connectivity index is 2.24. The second-order valence-electron chi connectivity index (χ2n) is 4.68. The summed E-state index contributed by atoms with van der Waals surface area (Å²) in [5, 5.41) is 2.94. The van der Waals surface area contributed by atoms with Gasteiger partial charge in [0.05, 0.1) is 11.9 Å². The lowest BCUT2D eigenvalue weighted by Gasteiger charge is -2.23. The van der Waals surface area contributed by atoms with E-state index in [0.29, 0.717) is 32.5 Å². The second-order valence-corrected chi connectivity index (χ2v) is 6.73. The quantitative estimate of drug-likeness (QED) is 0.611. The van der Waals surface area contributed by atoms with Crippen molar-refractivity contribution < 1.29 is 13.2 Å². The fraction of sp³-hybridized carbons (Fsp3) is 1.00. The minimum atomic E-state index is -3.15. The molecule has 1 rings (SSSR count). The van der Waals surface area contributed by atoms with Crippen molar-refractivity contribution in [2.24, 2.45) is 0 Å². The summed E-state index contributed by atoms with van der Waals surface area (Å²) in [5.74, 6) is 0. The van der Waals surface area contributed by atoms with Crippen molar-refractivity contribution in [2.45, 2.75) is 18.1 Å². The van der Waals surface area contributed by atoms with E-state index in [4.69, 9.17) is 4.74 Å². The molecule has 0 bridgehead atoms. The van der Waals surface area contributed by atoms with Crippen molar-refractivity contribution >= 4 is 10.0 Å². The third-order valence-electron chi connectivity index (χ3n) is 3.20. The molecule has 7 heteroatoms. The molecule has 0 radical (unpaired) electrons. The number of methoxy groups -OCH3 is 1. The van der Waals surface area contributed by atoms with Crippen LogP contribution in [0.2, 0.25) is 0 Å². The topological polar surface area (TPSA) is 70.7 Å². The number of likely N-dealkylation sites (N-methyl/N-ethyl adjacent to an activating group) is 1. The Labute approximate surface area is 110 Å². The van der Waals surface area contributed by atoms with Gasteiger partial charge in [-0.2, -0.15) is 0 Å². The predicted octanol–water partition coefficient (Wildman–Crippen LogP) is -0.764. The highest BCUT2D eigenvalue weighted by Crippen LogP contribution is 2.11. The van der Waals surface area contributed by atoms with Crippen LogP contribution in [0.15, 0.2) is 0 Å². The highest BCUT2D eigenvalue weighted by atomic mass is 32.2. The second kappa shape index (κ2) is 8.06. The molecular formula is C11H25N3O3S. The largest absolute Gasteiger partial charge is 0.383 e. The van der Waals surface area contributed by atoms with E-state index < -0.39 is 10.0 Å². The molecule has 0 aliphatic carbocycles. The van der Waals surface area contributed by atoms with Crippen LogP contribution >= 0.6 is 0 Å². The molecule has 0 unspecified atom stereocenters. The number of piperidine rings is 1. The van der Waals surface area contributed by atoms with Gasteiger partial charge in [0.25, 0.3) is 0 Å². The molecule has 0 aromatic carbocycles. The molecule has 0 amide bonds. The van der Waals surface area contributed by atoms with Crippen molar-refractivity contribution in [3.8, 4) is 0 Å². The summed E-state index contributed by atoms with van der Waals surface area (Å²) in [7, 11) is 0.469. The Morgan fingerprint density at radius 3 is 2.61 bits per heavy atom. The zero-order valence-electron chi connectivity index (χ0n) is 11.3. The Bertz CT molecular complexity index is 315. The van der Waals surface area contributed by atoms with E-state index in [9.17, 15) is 8.42 Å². The van der Waals surface area contributed by atoms with E-state index in [0.717, 1.165) is 19.6 Å². The normalized spacial score (nSPS) is 18.4. The van der Waals surface area contributed by atoms with Gasteiger partial charge in [-0.3, -0.25) is 0 Å². The summed E-state index contributed by atoms with van der Waals surface area (Å²) < 4.78 is 31.7. The predicted molar refractivity (Wildman–Crippen MR) is 72.2 cm³/mol. The number of hydrogen-bond acceptors (Lipinski definition) is 5. The standard InChI is InChI=1S/C11H25N3O3S/c1-14(9-10-17-2)8-7-13-18(15,16)11-3-5-12-6-4-11/h11-13H,3-10H2,1-2H3. The lowest BCUT2D eigenvalue weighted by Crippen LogP contribution is -2.43. The van der Waals surface area contributed by atoms with Gasteiger partial charge in [-0.05, 0) is 33.0 Å². The van der Waals surface area contributed by atoms with Crippen LogP contribution in [-0.4, -0.2) is 72.1 Å². The molecule has 0 aromatic rings. The summed E-state index contributed by atoms with van der Waals surface area (Å²) in [6.45, 7) is 4.22. The Kier molecular flexibility index (Phi) is 7.10. The van der Waals surface area contributed by atoms with Gasteiger partial charge in [-0.15, -0.1) is 0 Å². The lowest BCUT2D eigenvalue weighted by molar-refractivity contribution is 0.162. The molecule has 0 atom stereocenters. The van der Waals surface area contributed by atoms with Gasteiger partial charge in [0.15, 0.2) is 0 Å². The van der Waals surface area contributed by atoms with Gasteiger partial charge in [-0.1, -0.05) is 0 Å². The van der Waals surface area contributed by atoms with Crippen LogP contribution < -0.4 is 10.0 Å². The molecule has 0 aromatic heterocycles. The summed E-state index contributed by atoms with van der Waals surface area (Å²) in [4.78, 5) is 2.05. The van der Waals surface area contributed by atoms with Gasteiger partial charge in [0, 0.05) is 26.7 Å². The molecule has 1 heterocycles. The van der Waals surface area contributed by atoms with Gasteiger partial charge in [0.2, 0.25) is 10.0 Å². The van der Waals surface area contributed by atoms with E-state index in [1.165, 1.54) is 0 Å². The molecule has 0 saturated carbocycles. The summed E-state index contributed by atoms with van der Waals surface area (Å²) in [6.07, 6.45) is 1.41. The minimum absolute atomic E-state index is 0.233. The maximum Gasteiger partial charge on any atom is 0.214 e. The first-order valence-corrected chi connectivity index (χ1v) is 7.97. The van der Waals surface area contributed by atoms with Crippen molar-refractivity contribution in [3.63, 3.8) is 0 Å². The van der Waals surface area contributed by atoms with Crippen LogP contribution in [0.1, 0.15) is 12.8 Å². The van der Waals surface area contributed by atoms with E-state index in [1.807, 2.05) is 7.05 Å². The van der Waals surface area contributed by atoms with Crippen LogP contribution in [0, 0.1) is 0 Å². The zero-order chi connectivity index (χ0) is 13.4. The lowest BCUT2D eigenvalue weighted by atomic mass is 10.2. The van der Waals surface area contributed by atoms with Crippen LogP contribution in [0.5, 0.6) is 0 Å². The van der Waals surface area contributed by atoms with Gasteiger partial charge >= 0.3 is 0 Å². The van der Waals surface area contributed by atoms with Crippen LogP contribution in [-0.2, 0) is 14.8 Å². The van der Waals surface area contributed by atoms with Gasteiger partial charge < -0.3 is 15.0 Å². The Morgan fingerprint density at radius 2 is 2.00 bits per heavy atom. The third kappa shape index (κ3) is 5.62. The van der Waals surface area contributed by atoms with Gasteiger partial charge in [0.1, 0.15) is 0 Å². The zero-order valence-corrected chi connectivity index (χ0v) is 12.1. The molecule has 6 nitrogen and oxygen atoms in total. The molecule has 0 spiro atoms. The monoisotopic (exact) mass is 279 g/mol. The number of nitrogens with one attached hydrogen (secondary N) is 2. The first kappa shape index (κ1) is 15.8. The number of rotatable bonds is 8. The van der Waals surface area contributed by atoms with E-state index in [1.54, 1.807) is 7.11 Å². The smallest absolute Gasteiger partial charge is 0.214 e. The van der Waals surface area contributed by atoms with Crippen LogP contribution in [0.25, 0.3) is 0 Å². The minimum Gasteiger partial charge on any atom is -0.383 e. The molecule has 18 heavy (non-hydrogen) atoms. The average Bonchev–Trinajstić information content (AvgIpc) is 2.37. The maximum absolute atomic E-state index is 12.0. The van der Waals surface area contributed by atoms with Crippen molar-refractivity contribution in [1.29, 1.82) is 0 Å². The first-order valence-electron chi connectivity index (χ1n) is 6.43. The molecule has 1 fully saturated rings. The first-order chi connectivity index (χ1) is 8.56. The SMILES string of the molecule is COCCN(C)CCNS(=O)(=O)C1CCNCC1. The third-order valence-corrected chi connectivity index (χ3v) is 5.15. The molecule has 108 valence electrons. The van der Waals surface area contributed by atoms with Gasteiger partial charge in [-0.25, -0.2) is 13.1 Å². The fourth-order valence-electron chi connectivity index (χ4n) is 1.96. The summed E-state index contributed by atoms with van der Waals surface area (Å²) >= 11 is 0. The molecular weight excluding hydrogens is 254 g/mol. The number of nitrogens with zero attached hydrogens (tertiary/aromatic N) is 1.